The van der Waals surface area contributed by atoms with Crippen molar-refractivity contribution >= 4 is 5.97 Å². The summed E-state index contributed by atoms with van der Waals surface area (Å²) in [5, 5.41) is 0. The Balaban J connectivity index is 2.16. The van der Waals surface area contributed by atoms with Crippen molar-refractivity contribution in [1.82, 2.24) is 0 Å². The lowest BCUT2D eigenvalue weighted by Crippen LogP contribution is -2.13. The Morgan fingerprint density at radius 3 is 1.59 bits per heavy atom. The second-order valence-electron chi connectivity index (χ2n) is 10.1. The first-order valence-corrected chi connectivity index (χ1v) is 13.3. The van der Waals surface area contributed by atoms with Crippen molar-refractivity contribution in [2.24, 2.45) is 0 Å². The molecular weight excluding hydrogens is 420 g/mol. The van der Waals surface area contributed by atoms with E-state index in [1.54, 1.807) is 0 Å². The topological polar surface area (TPSA) is 38.8 Å². The van der Waals surface area contributed by atoms with Crippen LogP contribution in [0, 0.1) is 0 Å². The van der Waals surface area contributed by atoms with Crippen LogP contribution in [0.4, 0.5) is 0 Å². The van der Waals surface area contributed by atoms with Crippen LogP contribution in [0.1, 0.15) is 113 Å². The van der Waals surface area contributed by atoms with E-state index in [0.717, 1.165) is 51.4 Å². The van der Waals surface area contributed by atoms with E-state index < -0.39 is 0 Å². The number of hydrogen-bond donors (Lipinski definition) is 0. The number of ether oxygens (including phenoxy) is 2. The van der Waals surface area contributed by atoms with Crippen LogP contribution in [-0.2, 0) is 14.3 Å². The molecule has 0 saturated carbocycles. The summed E-state index contributed by atoms with van der Waals surface area (Å²) in [6.45, 7) is 15.5. The van der Waals surface area contributed by atoms with Crippen LogP contribution in [0.15, 0.2) is 58.2 Å². The van der Waals surface area contributed by atoms with Gasteiger partial charge in [-0.25, -0.2) is 4.79 Å². The Hall–Kier alpha value is -1.87. The van der Waals surface area contributed by atoms with Crippen LogP contribution in [-0.4, -0.2) is 24.8 Å². The predicted octanol–water partition coefficient (Wildman–Crippen LogP) is 8.97. The van der Waals surface area contributed by atoms with Gasteiger partial charge in [-0.2, -0.15) is 0 Å². The number of carbonyl (C=O) groups excluding carboxylic acids is 1. The average molecular weight is 471 g/mol. The monoisotopic (exact) mass is 470 g/mol. The molecule has 1 rings (SSSR count). The standard InChI is InChI=1S/C31H50O3/c1-8-33-31(32)30-29(34-30)23-22-28(7)21-13-19-26(5)16-10-9-15-25(4)18-12-20-27(6)17-11-14-24(2)3/h14-16,20-21,29-30H,8-13,17-19,22-23H2,1-7H3/b25-15+,26-16+,27-20+,28-21+/t29-,30+/m1/s1. The molecule has 3 heteroatoms. The zero-order valence-corrected chi connectivity index (χ0v) is 23.0. The molecule has 0 bridgehead atoms. The SMILES string of the molecule is CCOC(=O)[C@H]1O[C@@H]1CC/C(C)=C/CC/C(C)=C/CC/C=C(\C)CC/C=C(\C)CCC=C(C)C. The van der Waals surface area contributed by atoms with Crippen LogP contribution in [0.3, 0.4) is 0 Å². The van der Waals surface area contributed by atoms with Crippen molar-refractivity contribution in [2.75, 3.05) is 6.61 Å². The maximum absolute atomic E-state index is 11.6. The van der Waals surface area contributed by atoms with E-state index in [9.17, 15) is 4.79 Å². The van der Waals surface area contributed by atoms with Gasteiger partial charge < -0.3 is 9.47 Å². The molecule has 3 nitrogen and oxygen atoms in total. The van der Waals surface area contributed by atoms with Gasteiger partial charge in [0, 0.05) is 0 Å². The Morgan fingerprint density at radius 2 is 1.12 bits per heavy atom. The third-order valence-electron chi connectivity index (χ3n) is 6.23. The quantitative estimate of drug-likeness (QED) is 0.0921. The van der Waals surface area contributed by atoms with E-state index in [4.69, 9.17) is 9.47 Å². The third kappa shape index (κ3) is 15.1. The van der Waals surface area contributed by atoms with Gasteiger partial charge in [-0.3, -0.25) is 0 Å². The van der Waals surface area contributed by atoms with Gasteiger partial charge in [0.05, 0.1) is 12.7 Å². The molecule has 1 aliphatic heterocycles. The van der Waals surface area contributed by atoms with Crippen molar-refractivity contribution in [3.8, 4) is 0 Å². The molecule has 1 aliphatic rings. The van der Waals surface area contributed by atoms with Gasteiger partial charge in [0.25, 0.3) is 0 Å². The van der Waals surface area contributed by atoms with Gasteiger partial charge >= 0.3 is 5.97 Å². The van der Waals surface area contributed by atoms with Gasteiger partial charge in [-0.1, -0.05) is 58.2 Å². The molecular formula is C31H50O3. The van der Waals surface area contributed by atoms with E-state index >= 15 is 0 Å². The van der Waals surface area contributed by atoms with E-state index in [1.165, 1.54) is 40.7 Å². The molecule has 192 valence electrons. The molecule has 0 aliphatic carbocycles. The summed E-state index contributed by atoms with van der Waals surface area (Å²) in [5.74, 6) is -0.211. The van der Waals surface area contributed by atoms with E-state index in [-0.39, 0.29) is 18.2 Å². The second-order valence-corrected chi connectivity index (χ2v) is 10.1. The van der Waals surface area contributed by atoms with Crippen LogP contribution in [0.5, 0.6) is 0 Å². The highest BCUT2D eigenvalue weighted by Crippen LogP contribution is 2.29. The van der Waals surface area contributed by atoms with Crippen LogP contribution < -0.4 is 0 Å². The molecule has 1 heterocycles. The lowest BCUT2D eigenvalue weighted by atomic mass is 10.0. The number of rotatable bonds is 17. The van der Waals surface area contributed by atoms with Gasteiger partial charge in [0.1, 0.15) is 0 Å². The maximum Gasteiger partial charge on any atom is 0.337 e. The summed E-state index contributed by atoms with van der Waals surface area (Å²) in [7, 11) is 0. The number of epoxide rings is 1. The minimum Gasteiger partial charge on any atom is -0.464 e. The summed E-state index contributed by atoms with van der Waals surface area (Å²) in [5.41, 5.74) is 7.27. The lowest BCUT2D eigenvalue weighted by molar-refractivity contribution is -0.144. The Labute approximate surface area is 210 Å². The van der Waals surface area contributed by atoms with Crippen LogP contribution in [0.2, 0.25) is 0 Å². The first-order valence-electron chi connectivity index (χ1n) is 13.3. The van der Waals surface area contributed by atoms with Crippen LogP contribution in [0.25, 0.3) is 0 Å². The molecule has 1 saturated heterocycles. The molecule has 0 unspecified atom stereocenters. The molecule has 34 heavy (non-hydrogen) atoms. The Morgan fingerprint density at radius 1 is 0.676 bits per heavy atom. The molecule has 0 spiro atoms. The van der Waals surface area contributed by atoms with Gasteiger partial charge in [0.15, 0.2) is 6.10 Å². The van der Waals surface area contributed by atoms with Crippen molar-refractivity contribution in [3.05, 3.63) is 58.2 Å². The normalized spacial score (nSPS) is 19.3. The Bertz CT molecular complexity index is 760. The summed E-state index contributed by atoms with van der Waals surface area (Å²) in [6.07, 6.45) is 22.6. The van der Waals surface area contributed by atoms with E-state index in [1.807, 2.05) is 6.92 Å². The highest BCUT2D eigenvalue weighted by atomic mass is 16.6. The highest BCUT2D eigenvalue weighted by molar-refractivity contribution is 5.77. The number of allylic oxidation sites excluding steroid dienone is 10. The molecule has 0 aromatic heterocycles. The zero-order chi connectivity index (χ0) is 25.3. The fourth-order valence-electron chi connectivity index (χ4n) is 3.91. The van der Waals surface area contributed by atoms with Gasteiger partial charge in [-0.05, 0) is 113 Å². The number of esters is 1. The minimum atomic E-state index is -0.325. The van der Waals surface area contributed by atoms with Crippen LogP contribution >= 0.6 is 0 Å². The molecule has 0 aromatic carbocycles. The second kappa shape index (κ2) is 17.5. The van der Waals surface area contributed by atoms with Crippen molar-refractivity contribution in [3.63, 3.8) is 0 Å². The molecule has 0 radical (unpaired) electrons. The van der Waals surface area contributed by atoms with Gasteiger partial charge in [0.2, 0.25) is 0 Å². The average Bonchev–Trinajstić information content (AvgIpc) is 3.55. The maximum atomic E-state index is 11.6. The molecule has 0 N–H and O–H groups in total. The largest absolute Gasteiger partial charge is 0.464 e. The molecule has 0 amide bonds. The van der Waals surface area contributed by atoms with E-state index in [2.05, 4.69) is 71.9 Å². The molecule has 2 atom stereocenters. The van der Waals surface area contributed by atoms with E-state index in [0.29, 0.717) is 6.61 Å². The zero-order valence-electron chi connectivity index (χ0n) is 23.0. The predicted molar refractivity (Wildman–Crippen MR) is 146 cm³/mol. The third-order valence-corrected chi connectivity index (χ3v) is 6.23. The summed E-state index contributed by atoms with van der Waals surface area (Å²) in [4.78, 5) is 11.6. The summed E-state index contributed by atoms with van der Waals surface area (Å²) < 4.78 is 10.4. The van der Waals surface area contributed by atoms with Gasteiger partial charge in [-0.15, -0.1) is 0 Å². The van der Waals surface area contributed by atoms with Crippen molar-refractivity contribution in [1.29, 1.82) is 0 Å². The first-order chi connectivity index (χ1) is 16.2. The molecule has 0 aromatic rings. The Kier molecular flexibility index (Phi) is 15.6. The minimum absolute atomic E-state index is 0.0492. The number of carbonyl (C=O) groups is 1. The van der Waals surface area contributed by atoms with Crippen molar-refractivity contribution in [2.45, 2.75) is 125 Å². The smallest absolute Gasteiger partial charge is 0.337 e. The fourth-order valence-corrected chi connectivity index (χ4v) is 3.91. The first kappa shape index (κ1) is 30.2. The number of unbranched alkanes of at least 4 members (excludes halogenated alkanes) is 1. The fraction of sp³-hybridized carbons (Fsp3) is 0.645. The highest BCUT2D eigenvalue weighted by Gasteiger charge is 2.45. The number of hydrogen-bond acceptors (Lipinski definition) is 3. The van der Waals surface area contributed by atoms with Crippen molar-refractivity contribution < 1.29 is 14.3 Å². The summed E-state index contributed by atoms with van der Waals surface area (Å²) >= 11 is 0. The lowest BCUT2D eigenvalue weighted by Gasteiger charge is -2.03. The molecule has 1 fully saturated rings. The summed E-state index contributed by atoms with van der Waals surface area (Å²) in [6, 6.07) is 0.